The lowest BCUT2D eigenvalue weighted by Gasteiger charge is -2.35. The number of hydrogen-bond donors (Lipinski definition) is 1. The highest BCUT2D eigenvalue weighted by molar-refractivity contribution is 5.18. The topological polar surface area (TPSA) is 32.5 Å². The second kappa shape index (κ2) is 8.52. The zero-order chi connectivity index (χ0) is 15.1. The summed E-state index contributed by atoms with van der Waals surface area (Å²) in [6.07, 6.45) is 2.27. The van der Waals surface area contributed by atoms with Crippen molar-refractivity contribution in [2.24, 2.45) is 11.7 Å². The van der Waals surface area contributed by atoms with Crippen molar-refractivity contribution in [3.8, 4) is 0 Å². The van der Waals surface area contributed by atoms with Crippen molar-refractivity contribution in [2.45, 2.75) is 32.7 Å². The third-order valence-corrected chi connectivity index (χ3v) is 4.31. The molecule has 1 aliphatic rings. The minimum absolute atomic E-state index is 0.188. The van der Waals surface area contributed by atoms with E-state index in [9.17, 15) is 0 Å². The molecule has 3 nitrogen and oxygen atoms in total. The van der Waals surface area contributed by atoms with Crippen LogP contribution in [0, 0.1) is 5.92 Å². The third-order valence-electron chi connectivity index (χ3n) is 4.31. The van der Waals surface area contributed by atoms with Gasteiger partial charge in [-0.05, 0) is 30.9 Å². The number of rotatable bonds is 7. The molecule has 1 saturated heterocycles. The summed E-state index contributed by atoms with van der Waals surface area (Å²) in [6.45, 7) is 11.9. The molecule has 2 rings (SSSR count). The summed E-state index contributed by atoms with van der Waals surface area (Å²) >= 11 is 0. The highest BCUT2D eigenvalue weighted by Gasteiger charge is 2.17. The summed E-state index contributed by atoms with van der Waals surface area (Å²) in [7, 11) is 0. The van der Waals surface area contributed by atoms with E-state index in [1.165, 1.54) is 51.3 Å². The lowest BCUT2D eigenvalue weighted by molar-refractivity contribution is 0.120. The summed E-state index contributed by atoms with van der Waals surface area (Å²) < 4.78 is 0. The van der Waals surface area contributed by atoms with Crippen molar-refractivity contribution in [3.63, 3.8) is 0 Å². The van der Waals surface area contributed by atoms with Gasteiger partial charge < -0.3 is 15.5 Å². The molecular formula is C18H31N3. The first-order valence-corrected chi connectivity index (χ1v) is 8.40. The Bertz CT molecular complexity index is 383. The maximum atomic E-state index is 6.26. The molecule has 1 aromatic carbocycles. The van der Waals surface area contributed by atoms with Crippen molar-refractivity contribution >= 4 is 0 Å². The van der Waals surface area contributed by atoms with Gasteiger partial charge in [0.2, 0.25) is 0 Å². The number of piperazine rings is 1. The van der Waals surface area contributed by atoms with Gasteiger partial charge >= 0.3 is 0 Å². The second-order valence-electron chi connectivity index (χ2n) is 6.70. The van der Waals surface area contributed by atoms with Crippen LogP contribution in [0.4, 0.5) is 0 Å². The van der Waals surface area contributed by atoms with Gasteiger partial charge in [-0.3, -0.25) is 0 Å². The van der Waals surface area contributed by atoms with E-state index in [0.29, 0.717) is 0 Å². The smallest absolute Gasteiger partial charge is 0.0295 e. The summed E-state index contributed by atoms with van der Waals surface area (Å²) in [5.41, 5.74) is 7.52. The van der Waals surface area contributed by atoms with Crippen LogP contribution in [0.25, 0.3) is 0 Å². The van der Waals surface area contributed by atoms with Gasteiger partial charge in [-0.25, -0.2) is 0 Å². The fourth-order valence-electron chi connectivity index (χ4n) is 3.11. The minimum atomic E-state index is 0.188. The van der Waals surface area contributed by atoms with Crippen molar-refractivity contribution in [2.75, 3.05) is 39.3 Å². The molecule has 1 unspecified atom stereocenters. The van der Waals surface area contributed by atoms with E-state index in [0.717, 1.165) is 12.3 Å². The predicted molar refractivity (Wildman–Crippen MR) is 90.3 cm³/mol. The van der Waals surface area contributed by atoms with Crippen molar-refractivity contribution in [3.05, 3.63) is 35.9 Å². The molecule has 0 radical (unpaired) electrons. The molecule has 1 heterocycles. The lowest BCUT2D eigenvalue weighted by Crippen LogP contribution is -2.47. The molecule has 118 valence electrons. The standard InChI is InChI=1S/C18H31N3/c1-16(2)15-21-13-11-20(12-14-21)10-6-9-18(19)17-7-4-3-5-8-17/h3-5,7-8,16,18H,6,9-15,19H2,1-2H3. The number of nitrogens with zero attached hydrogens (tertiary/aromatic N) is 2. The zero-order valence-electron chi connectivity index (χ0n) is 13.7. The second-order valence-corrected chi connectivity index (χ2v) is 6.70. The Morgan fingerprint density at radius 2 is 1.62 bits per heavy atom. The van der Waals surface area contributed by atoms with E-state index in [2.05, 4.69) is 47.9 Å². The van der Waals surface area contributed by atoms with Gasteiger partial charge in [-0.1, -0.05) is 44.2 Å². The summed E-state index contributed by atoms with van der Waals surface area (Å²) in [4.78, 5) is 5.19. The maximum absolute atomic E-state index is 6.26. The van der Waals surface area contributed by atoms with Crippen LogP contribution < -0.4 is 5.73 Å². The van der Waals surface area contributed by atoms with Crippen LogP contribution >= 0.6 is 0 Å². The molecule has 1 fully saturated rings. The van der Waals surface area contributed by atoms with Gasteiger partial charge in [-0.15, -0.1) is 0 Å². The molecule has 0 spiro atoms. The van der Waals surface area contributed by atoms with Gasteiger partial charge in [0.25, 0.3) is 0 Å². The number of nitrogens with two attached hydrogens (primary N) is 1. The van der Waals surface area contributed by atoms with E-state index in [4.69, 9.17) is 5.73 Å². The first-order chi connectivity index (χ1) is 10.1. The molecule has 1 aliphatic heterocycles. The highest BCUT2D eigenvalue weighted by Crippen LogP contribution is 2.15. The Morgan fingerprint density at radius 1 is 1.00 bits per heavy atom. The summed E-state index contributed by atoms with van der Waals surface area (Å²) in [5, 5.41) is 0. The van der Waals surface area contributed by atoms with E-state index >= 15 is 0 Å². The van der Waals surface area contributed by atoms with Crippen LogP contribution in [0.5, 0.6) is 0 Å². The van der Waals surface area contributed by atoms with E-state index in [1.807, 2.05) is 6.07 Å². The molecule has 21 heavy (non-hydrogen) atoms. The Balaban J connectivity index is 1.62. The molecule has 1 aromatic rings. The summed E-state index contributed by atoms with van der Waals surface area (Å²) in [5.74, 6) is 0.778. The molecule has 1 atom stereocenters. The largest absolute Gasteiger partial charge is 0.324 e. The quantitative estimate of drug-likeness (QED) is 0.838. The van der Waals surface area contributed by atoms with Gasteiger partial charge in [0.05, 0.1) is 0 Å². The van der Waals surface area contributed by atoms with Crippen LogP contribution in [0.2, 0.25) is 0 Å². The van der Waals surface area contributed by atoms with E-state index < -0.39 is 0 Å². The Labute approximate surface area is 130 Å². The van der Waals surface area contributed by atoms with Crippen molar-refractivity contribution in [1.29, 1.82) is 0 Å². The highest BCUT2D eigenvalue weighted by atomic mass is 15.3. The molecule has 0 saturated carbocycles. The average molecular weight is 289 g/mol. The van der Waals surface area contributed by atoms with Crippen LogP contribution in [-0.2, 0) is 0 Å². The molecule has 0 bridgehead atoms. The zero-order valence-corrected chi connectivity index (χ0v) is 13.7. The average Bonchev–Trinajstić information content (AvgIpc) is 2.49. The van der Waals surface area contributed by atoms with Gasteiger partial charge in [-0.2, -0.15) is 0 Å². The predicted octanol–water partition coefficient (Wildman–Crippen LogP) is 2.74. The first kappa shape index (κ1) is 16.5. The number of hydrogen-bond acceptors (Lipinski definition) is 3. The monoisotopic (exact) mass is 289 g/mol. The van der Waals surface area contributed by atoms with E-state index in [1.54, 1.807) is 0 Å². The van der Waals surface area contributed by atoms with Gasteiger partial charge in [0.15, 0.2) is 0 Å². The molecule has 2 N–H and O–H groups in total. The van der Waals surface area contributed by atoms with Gasteiger partial charge in [0, 0.05) is 38.8 Å². The minimum Gasteiger partial charge on any atom is -0.324 e. The molecular weight excluding hydrogens is 258 g/mol. The van der Waals surface area contributed by atoms with Gasteiger partial charge in [0.1, 0.15) is 0 Å². The van der Waals surface area contributed by atoms with Crippen LogP contribution in [0.3, 0.4) is 0 Å². The molecule has 3 heteroatoms. The maximum Gasteiger partial charge on any atom is 0.0295 e. The third kappa shape index (κ3) is 5.77. The van der Waals surface area contributed by atoms with Crippen LogP contribution in [0.1, 0.15) is 38.3 Å². The Morgan fingerprint density at radius 3 is 2.24 bits per heavy atom. The Kier molecular flexibility index (Phi) is 6.68. The van der Waals surface area contributed by atoms with Crippen molar-refractivity contribution in [1.82, 2.24) is 9.80 Å². The van der Waals surface area contributed by atoms with E-state index in [-0.39, 0.29) is 6.04 Å². The molecule has 0 amide bonds. The fraction of sp³-hybridized carbons (Fsp3) is 0.667. The number of benzene rings is 1. The van der Waals surface area contributed by atoms with Crippen LogP contribution in [-0.4, -0.2) is 49.1 Å². The molecule has 0 aliphatic carbocycles. The van der Waals surface area contributed by atoms with Crippen molar-refractivity contribution < 1.29 is 0 Å². The first-order valence-electron chi connectivity index (χ1n) is 8.40. The SMILES string of the molecule is CC(C)CN1CCN(CCCC(N)c2ccccc2)CC1. The Hall–Kier alpha value is -0.900. The van der Waals surface area contributed by atoms with Crippen LogP contribution in [0.15, 0.2) is 30.3 Å². The molecule has 0 aromatic heterocycles. The summed E-state index contributed by atoms with van der Waals surface area (Å²) in [6, 6.07) is 10.7. The lowest BCUT2D eigenvalue weighted by atomic mass is 10.0. The normalized spacial score (nSPS) is 19.0. The fourth-order valence-corrected chi connectivity index (χ4v) is 3.11.